The molecular weight excluding hydrogens is 320 g/mol. The summed E-state index contributed by atoms with van der Waals surface area (Å²) in [6, 6.07) is 7.95. The highest BCUT2D eigenvalue weighted by atomic mass is 16.5. The van der Waals surface area contributed by atoms with Crippen molar-refractivity contribution < 1.29 is 9.05 Å². The molecule has 1 N–H and O–H groups in total. The van der Waals surface area contributed by atoms with Gasteiger partial charge >= 0.3 is 0 Å². The predicted molar refractivity (Wildman–Crippen MR) is 90.7 cm³/mol. The van der Waals surface area contributed by atoms with Gasteiger partial charge in [-0.05, 0) is 24.1 Å². The molecule has 8 nitrogen and oxygen atoms in total. The first-order chi connectivity index (χ1) is 12.3. The number of nitrogens with one attached hydrogen (secondary N) is 1. The van der Waals surface area contributed by atoms with E-state index in [-0.39, 0.29) is 0 Å². The standard InChI is InChI=1S/C17H16N6O2/c1-2-4-14-22-16(25-23-14)12-6-3-5-11(7-12)8-18-15-13-9-21-24-17(13)20-10-19-15/h3,5-7,9-10H,2,4,8H2,1H3,(H,18,19,20). The van der Waals surface area contributed by atoms with Crippen LogP contribution in [0.5, 0.6) is 0 Å². The molecule has 0 bridgehead atoms. The van der Waals surface area contributed by atoms with Gasteiger partial charge in [-0.2, -0.15) is 9.97 Å². The maximum Gasteiger partial charge on any atom is 0.262 e. The van der Waals surface area contributed by atoms with Gasteiger partial charge in [0.1, 0.15) is 17.5 Å². The van der Waals surface area contributed by atoms with Crippen molar-refractivity contribution in [1.29, 1.82) is 0 Å². The molecule has 8 heteroatoms. The molecule has 0 atom stereocenters. The van der Waals surface area contributed by atoms with E-state index < -0.39 is 0 Å². The zero-order valence-corrected chi connectivity index (χ0v) is 13.6. The number of hydrogen-bond donors (Lipinski definition) is 1. The molecule has 0 aliphatic carbocycles. The Kier molecular flexibility index (Phi) is 4.07. The molecule has 0 amide bonds. The van der Waals surface area contributed by atoms with E-state index in [1.807, 2.05) is 24.3 Å². The van der Waals surface area contributed by atoms with Crippen LogP contribution in [0.3, 0.4) is 0 Å². The summed E-state index contributed by atoms with van der Waals surface area (Å²) in [5, 5.41) is 11.8. The fourth-order valence-corrected chi connectivity index (χ4v) is 2.53. The van der Waals surface area contributed by atoms with Gasteiger partial charge < -0.3 is 14.4 Å². The summed E-state index contributed by atoms with van der Waals surface area (Å²) in [6.45, 7) is 2.67. The summed E-state index contributed by atoms with van der Waals surface area (Å²) >= 11 is 0. The van der Waals surface area contributed by atoms with Gasteiger partial charge in [-0.25, -0.2) is 4.98 Å². The summed E-state index contributed by atoms with van der Waals surface area (Å²) < 4.78 is 10.4. The third-order valence-corrected chi connectivity index (χ3v) is 3.74. The lowest BCUT2D eigenvalue weighted by Crippen LogP contribution is -2.02. The monoisotopic (exact) mass is 336 g/mol. The van der Waals surface area contributed by atoms with Gasteiger partial charge in [0, 0.05) is 18.5 Å². The van der Waals surface area contributed by atoms with Crippen LogP contribution in [-0.4, -0.2) is 25.3 Å². The van der Waals surface area contributed by atoms with Gasteiger partial charge in [0.25, 0.3) is 11.6 Å². The molecule has 0 spiro atoms. The van der Waals surface area contributed by atoms with Gasteiger partial charge in [0.2, 0.25) is 0 Å². The second-order valence-corrected chi connectivity index (χ2v) is 5.59. The Morgan fingerprint density at radius 2 is 2.12 bits per heavy atom. The summed E-state index contributed by atoms with van der Waals surface area (Å²) in [5.74, 6) is 1.95. The zero-order valence-electron chi connectivity index (χ0n) is 13.6. The largest absolute Gasteiger partial charge is 0.365 e. The van der Waals surface area contributed by atoms with E-state index >= 15 is 0 Å². The van der Waals surface area contributed by atoms with Crippen molar-refractivity contribution in [3.05, 3.63) is 48.2 Å². The van der Waals surface area contributed by atoms with Crippen molar-refractivity contribution in [1.82, 2.24) is 25.3 Å². The second-order valence-electron chi connectivity index (χ2n) is 5.59. The second kappa shape index (κ2) is 6.68. The molecule has 0 aliphatic rings. The van der Waals surface area contributed by atoms with Crippen LogP contribution in [0, 0.1) is 0 Å². The Hall–Kier alpha value is -3.29. The first kappa shape index (κ1) is 15.3. The lowest BCUT2D eigenvalue weighted by atomic mass is 10.1. The van der Waals surface area contributed by atoms with Gasteiger partial charge in [-0.1, -0.05) is 29.4 Å². The Morgan fingerprint density at radius 1 is 1.16 bits per heavy atom. The molecular formula is C17H16N6O2. The summed E-state index contributed by atoms with van der Waals surface area (Å²) in [4.78, 5) is 12.7. The Morgan fingerprint density at radius 3 is 3.04 bits per heavy atom. The van der Waals surface area contributed by atoms with Crippen molar-refractivity contribution >= 4 is 16.9 Å². The van der Waals surface area contributed by atoms with Gasteiger partial charge in [0.15, 0.2) is 5.82 Å². The van der Waals surface area contributed by atoms with Crippen molar-refractivity contribution in [3.63, 3.8) is 0 Å². The van der Waals surface area contributed by atoms with Gasteiger partial charge in [-0.3, -0.25) is 0 Å². The quantitative estimate of drug-likeness (QED) is 0.572. The molecule has 3 aromatic heterocycles. The third kappa shape index (κ3) is 3.18. The predicted octanol–water partition coefficient (Wildman–Crippen LogP) is 3.23. The van der Waals surface area contributed by atoms with Crippen LogP contribution < -0.4 is 5.32 Å². The van der Waals surface area contributed by atoms with Crippen LogP contribution in [0.1, 0.15) is 24.7 Å². The minimum absolute atomic E-state index is 0.459. The number of benzene rings is 1. The molecule has 4 rings (SSSR count). The smallest absolute Gasteiger partial charge is 0.262 e. The topological polar surface area (TPSA) is 103 Å². The highest BCUT2D eigenvalue weighted by molar-refractivity contribution is 5.84. The molecule has 0 saturated carbocycles. The van der Waals surface area contributed by atoms with E-state index in [4.69, 9.17) is 9.05 Å². The molecule has 4 aromatic rings. The minimum Gasteiger partial charge on any atom is -0.365 e. The van der Waals surface area contributed by atoms with E-state index in [2.05, 4.69) is 37.5 Å². The Bertz CT molecular complexity index is 993. The molecule has 25 heavy (non-hydrogen) atoms. The van der Waals surface area contributed by atoms with Gasteiger partial charge in [-0.15, -0.1) is 0 Å². The van der Waals surface area contributed by atoms with Crippen molar-refractivity contribution in [2.45, 2.75) is 26.3 Å². The summed E-state index contributed by atoms with van der Waals surface area (Å²) in [6.07, 6.45) is 4.84. The van der Waals surface area contributed by atoms with Gasteiger partial charge in [0.05, 0.1) is 6.20 Å². The lowest BCUT2D eigenvalue weighted by molar-refractivity contribution is 0.422. The SMILES string of the molecule is CCCc1noc(-c2cccc(CNc3ncnc4oncc34)c2)n1. The van der Waals surface area contributed by atoms with Crippen LogP contribution in [-0.2, 0) is 13.0 Å². The number of aromatic nitrogens is 5. The molecule has 0 aliphatic heterocycles. The number of anilines is 1. The maximum absolute atomic E-state index is 5.35. The van der Waals surface area contributed by atoms with E-state index in [1.54, 1.807) is 6.20 Å². The summed E-state index contributed by atoms with van der Waals surface area (Å²) in [5.41, 5.74) is 2.42. The third-order valence-electron chi connectivity index (χ3n) is 3.74. The van der Waals surface area contributed by atoms with Crippen molar-refractivity contribution in [3.8, 4) is 11.5 Å². The fourth-order valence-electron chi connectivity index (χ4n) is 2.53. The Labute approximate surface area is 143 Å². The highest BCUT2D eigenvalue weighted by Crippen LogP contribution is 2.21. The normalized spacial score (nSPS) is 11.1. The number of fused-ring (bicyclic) bond motifs is 1. The number of nitrogens with zero attached hydrogens (tertiary/aromatic N) is 5. The van der Waals surface area contributed by atoms with E-state index in [0.29, 0.717) is 24.0 Å². The highest BCUT2D eigenvalue weighted by Gasteiger charge is 2.10. The molecule has 0 radical (unpaired) electrons. The minimum atomic E-state index is 0.459. The molecule has 0 fully saturated rings. The fraction of sp³-hybridized carbons (Fsp3) is 0.235. The van der Waals surface area contributed by atoms with Crippen LogP contribution in [0.15, 0.2) is 45.8 Å². The maximum atomic E-state index is 5.35. The first-order valence-electron chi connectivity index (χ1n) is 8.04. The zero-order chi connectivity index (χ0) is 17.1. The van der Waals surface area contributed by atoms with E-state index in [0.717, 1.165) is 35.2 Å². The summed E-state index contributed by atoms with van der Waals surface area (Å²) in [7, 11) is 0. The van der Waals surface area contributed by atoms with Crippen LogP contribution in [0.2, 0.25) is 0 Å². The van der Waals surface area contributed by atoms with Crippen molar-refractivity contribution in [2.24, 2.45) is 0 Å². The van der Waals surface area contributed by atoms with E-state index in [9.17, 15) is 0 Å². The molecule has 1 aromatic carbocycles. The Balaban J connectivity index is 1.52. The molecule has 0 saturated heterocycles. The average Bonchev–Trinajstić information content (AvgIpc) is 3.30. The number of rotatable bonds is 6. The van der Waals surface area contributed by atoms with E-state index in [1.165, 1.54) is 6.33 Å². The average molecular weight is 336 g/mol. The number of hydrogen-bond acceptors (Lipinski definition) is 8. The van der Waals surface area contributed by atoms with Crippen molar-refractivity contribution in [2.75, 3.05) is 5.32 Å². The molecule has 0 unspecified atom stereocenters. The van der Waals surface area contributed by atoms with Crippen LogP contribution >= 0.6 is 0 Å². The molecule has 3 heterocycles. The van der Waals surface area contributed by atoms with Crippen LogP contribution in [0.4, 0.5) is 5.82 Å². The van der Waals surface area contributed by atoms with Crippen LogP contribution in [0.25, 0.3) is 22.6 Å². The molecule has 126 valence electrons. The first-order valence-corrected chi connectivity index (χ1v) is 8.04. The number of aryl methyl sites for hydroxylation is 1. The lowest BCUT2D eigenvalue weighted by Gasteiger charge is -2.06.